The van der Waals surface area contributed by atoms with Gasteiger partial charge in [-0.3, -0.25) is 0 Å². The molecule has 80 valence electrons. The Morgan fingerprint density at radius 3 is 2.71 bits per heavy atom. The molecule has 1 fully saturated rings. The Labute approximate surface area is 88.0 Å². The second-order valence-electron chi connectivity index (χ2n) is 4.79. The molecule has 0 bridgehead atoms. The Hall–Kier alpha value is -0.300. The predicted molar refractivity (Wildman–Crippen MR) is 61.4 cm³/mol. The Bertz CT molecular complexity index is 189. The molecular weight excluding hydrogens is 170 g/mol. The van der Waals surface area contributed by atoms with Crippen LogP contribution in [0, 0.1) is 0 Å². The first-order valence-electron chi connectivity index (χ1n) is 6.36. The van der Waals surface area contributed by atoms with Gasteiger partial charge in [0.05, 0.1) is 0 Å². The zero-order valence-electron chi connectivity index (χ0n) is 9.23. The topological polar surface area (TPSA) is 12.0 Å². The SMILES string of the molecule is C1=C(CCNC2CCCC2)CCCC1. The van der Waals surface area contributed by atoms with Gasteiger partial charge in [-0.25, -0.2) is 0 Å². The molecule has 0 aromatic carbocycles. The zero-order valence-corrected chi connectivity index (χ0v) is 9.23. The van der Waals surface area contributed by atoms with E-state index in [1.807, 2.05) is 0 Å². The molecule has 0 spiro atoms. The molecule has 0 radical (unpaired) electrons. The standard InChI is InChI=1S/C13H23N/c1-2-6-12(7-3-1)10-11-14-13-8-4-5-9-13/h6,13-14H,1-5,7-11H2. The van der Waals surface area contributed by atoms with Crippen molar-refractivity contribution in [2.45, 2.75) is 63.8 Å². The molecule has 0 aromatic heterocycles. The van der Waals surface area contributed by atoms with Crippen molar-refractivity contribution in [2.24, 2.45) is 0 Å². The summed E-state index contributed by atoms with van der Waals surface area (Å²) in [5.74, 6) is 0. The molecule has 2 aliphatic carbocycles. The fraction of sp³-hybridized carbons (Fsp3) is 0.846. The number of rotatable bonds is 4. The summed E-state index contributed by atoms with van der Waals surface area (Å²) >= 11 is 0. The van der Waals surface area contributed by atoms with Crippen molar-refractivity contribution < 1.29 is 0 Å². The van der Waals surface area contributed by atoms with E-state index >= 15 is 0 Å². The third kappa shape index (κ3) is 3.13. The van der Waals surface area contributed by atoms with Crippen LogP contribution in [0.15, 0.2) is 11.6 Å². The van der Waals surface area contributed by atoms with Crippen LogP contribution in [0.1, 0.15) is 57.8 Å². The highest BCUT2D eigenvalue weighted by Gasteiger charge is 2.13. The number of allylic oxidation sites excluding steroid dienone is 1. The first-order chi connectivity index (χ1) is 6.95. The second-order valence-corrected chi connectivity index (χ2v) is 4.79. The van der Waals surface area contributed by atoms with Crippen LogP contribution in [0.25, 0.3) is 0 Å². The monoisotopic (exact) mass is 193 g/mol. The van der Waals surface area contributed by atoms with Gasteiger partial charge in [0.2, 0.25) is 0 Å². The zero-order chi connectivity index (χ0) is 9.64. The number of hydrogen-bond donors (Lipinski definition) is 1. The maximum atomic E-state index is 3.69. The number of hydrogen-bond acceptors (Lipinski definition) is 1. The molecule has 1 nitrogen and oxygen atoms in total. The van der Waals surface area contributed by atoms with Crippen molar-refractivity contribution in [3.8, 4) is 0 Å². The summed E-state index contributed by atoms with van der Waals surface area (Å²) in [6.45, 7) is 1.22. The fourth-order valence-electron chi connectivity index (χ4n) is 2.70. The van der Waals surface area contributed by atoms with Crippen LogP contribution in [-0.4, -0.2) is 12.6 Å². The van der Waals surface area contributed by atoms with Gasteiger partial charge >= 0.3 is 0 Å². The van der Waals surface area contributed by atoms with Crippen LogP contribution >= 0.6 is 0 Å². The van der Waals surface area contributed by atoms with E-state index in [1.54, 1.807) is 5.57 Å². The third-order valence-corrected chi connectivity index (χ3v) is 3.62. The van der Waals surface area contributed by atoms with Gasteiger partial charge in [0.25, 0.3) is 0 Å². The van der Waals surface area contributed by atoms with Crippen molar-refractivity contribution in [3.05, 3.63) is 11.6 Å². The first-order valence-corrected chi connectivity index (χ1v) is 6.36. The highest BCUT2D eigenvalue weighted by atomic mass is 14.9. The van der Waals surface area contributed by atoms with Crippen LogP contribution in [-0.2, 0) is 0 Å². The predicted octanol–water partition coefficient (Wildman–Crippen LogP) is 3.41. The average molecular weight is 193 g/mol. The van der Waals surface area contributed by atoms with Crippen molar-refractivity contribution in [3.63, 3.8) is 0 Å². The normalized spacial score (nSPS) is 23.9. The summed E-state index contributed by atoms with van der Waals surface area (Å²) < 4.78 is 0. The van der Waals surface area contributed by atoms with E-state index in [9.17, 15) is 0 Å². The summed E-state index contributed by atoms with van der Waals surface area (Å²) in [5, 5.41) is 3.69. The second kappa shape index (κ2) is 5.55. The highest BCUT2D eigenvalue weighted by Crippen LogP contribution is 2.21. The van der Waals surface area contributed by atoms with Crippen LogP contribution in [0.2, 0.25) is 0 Å². The van der Waals surface area contributed by atoms with Crippen LogP contribution in [0.3, 0.4) is 0 Å². The molecule has 0 atom stereocenters. The molecule has 1 N–H and O–H groups in total. The molecule has 14 heavy (non-hydrogen) atoms. The van der Waals surface area contributed by atoms with Gasteiger partial charge in [0, 0.05) is 6.04 Å². The minimum absolute atomic E-state index is 0.846. The molecule has 1 heteroatoms. The first kappa shape index (κ1) is 10.2. The lowest BCUT2D eigenvalue weighted by Gasteiger charge is -2.15. The molecule has 0 amide bonds. The lowest BCUT2D eigenvalue weighted by atomic mass is 9.97. The van der Waals surface area contributed by atoms with Crippen LogP contribution in [0.4, 0.5) is 0 Å². The summed E-state index contributed by atoms with van der Waals surface area (Å²) in [7, 11) is 0. The molecule has 0 aromatic rings. The van der Waals surface area contributed by atoms with Crippen molar-refractivity contribution in [1.29, 1.82) is 0 Å². The minimum atomic E-state index is 0.846. The van der Waals surface area contributed by atoms with Gasteiger partial charge in [-0.2, -0.15) is 0 Å². The largest absolute Gasteiger partial charge is 0.314 e. The molecule has 2 rings (SSSR count). The Kier molecular flexibility index (Phi) is 4.05. The Balaban J connectivity index is 1.59. The fourth-order valence-corrected chi connectivity index (χ4v) is 2.70. The molecule has 0 unspecified atom stereocenters. The smallest absolute Gasteiger partial charge is 0.00671 e. The van der Waals surface area contributed by atoms with E-state index in [0.717, 1.165) is 6.04 Å². The van der Waals surface area contributed by atoms with Crippen molar-refractivity contribution in [1.82, 2.24) is 5.32 Å². The average Bonchev–Trinajstić information content (AvgIpc) is 2.72. The molecular formula is C13H23N. The van der Waals surface area contributed by atoms with E-state index in [4.69, 9.17) is 0 Å². The van der Waals surface area contributed by atoms with Gasteiger partial charge in [-0.05, 0) is 51.5 Å². The van der Waals surface area contributed by atoms with E-state index in [2.05, 4.69) is 11.4 Å². The van der Waals surface area contributed by atoms with E-state index in [-0.39, 0.29) is 0 Å². The van der Waals surface area contributed by atoms with Gasteiger partial charge in [-0.15, -0.1) is 0 Å². The van der Waals surface area contributed by atoms with E-state index < -0.39 is 0 Å². The van der Waals surface area contributed by atoms with Crippen LogP contribution in [0.5, 0.6) is 0 Å². The Morgan fingerprint density at radius 1 is 1.14 bits per heavy atom. The van der Waals surface area contributed by atoms with Gasteiger partial charge in [-0.1, -0.05) is 24.5 Å². The quantitative estimate of drug-likeness (QED) is 0.675. The molecule has 2 aliphatic rings. The summed E-state index contributed by atoms with van der Waals surface area (Å²) in [5.41, 5.74) is 1.71. The van der Waals surface area contributed by atoms with E-state index in [0.29, 0.717) is 0 Å². The molecule has 0 heterocycles. The minimum Gasteiger partial charge on any atom is -0.314 e. The molecule has 1 saturated carbocycles. The van der Waals surface area contributed by atoms with Gasteiger partial charge < -0.3 is 5.32 Å². The van der Waals surface area contributed by atoms with Gasteiger partial charge in [0.1, 0.15) is 0 Å². The Morgan fingerprint density at radius 2 is 2.00 bits per heavy atom. The maximum Gasteiger partial charge on any atom is 0.00671 e. The molecule has 0 aliphatic heterocycles. The summed E-state index contributed by atoms with van der Waals surface area (Å²) in [4.78, 5) is 0. The van der Waals surface area contributed by atoms with Crippen molar-refractivity contribution in [2.75, 3.05) is 6.54 Å². The highest BCUT2D eigenvalue weighted by molar-refractivity contribution is 5.05. The van der Waals surface area contributed by atoms with Crippen molar-refractivity contribution >= 4 is 0 Å². The summed E-state index contributed by atoms with van der Waals surface area (Å²) in [6, 6.07) is 0.846. The third-order valence-electron chi connectivity index (χ3n) is 3.62. The number of nitrogens with one attached hydrogen (secondary N) is 1. The van der Waals surface area contributed by atoms with Gasteiger partial charge in [0.15, 0.2) is 0 Å². The lowest BCUT2D eigenvalue weighted by Crippen LogP contribution is -2.27. The molecule has 0 saturated heterocycles. The van der Waals surface area contributed by atoms with E-state index in [1.165, 1.54) is 64.3 Å². The maximum absolute atomic E-state index is 3.69. The lowest BCUT2D eigenvalue weighted by molar-refractivity contribution is 0.520. The summed E-state index contributed by atoms with van der Waals surface area (Å²) in [6.07, 6.45) is 15.0. The van der Waals surface area contributed by atoms with Crippen LogP contribution < -0.4 is 5.32 Å².